The van der Waals surface area contributed by atoms with Gasteiger partial charge in [0.25, 0.3) is 11.5 Å². The lowest BCUT2D eigenvalue weighted by atomic mass is 10.2. The molecule has 10 heteroatoms. The molecule has 8 nitrogen and oxygen atoms in total. The molecule has 0 spiro atoms. The highest BCUT2D eigenvalue weighted by Gasteiger charge is 2.18. The van der Waals surface area contributed by atoms with Crippen molar-refractivity contribution in [2.45, 2.75) is 37.2 Å². The van der Waals surface area contributed by atoms with Gasteiger partial charge in [-0.2, -0.15) is 0 Å². The fraction of sp³-hybridized carbons (Fsp3) is 0.261. The van der Waals surface area contributed by atoms with Crippen LogP contribution in [0.4, 0.5) is 4.39 Å². The molecule has 0 aliphatic rings. The number of benzene rings is 2. The molecule has 0 saturated carbocycles. The number of halogens is 1. The number of para-hydroxylation sites is 1. The zero-order chi connectivity index (χ0) is 23.4. The van der Waals surface area contributed by atoms with Crippen LogP contribution in [0.25, 0.3) is 10.9 Å². The molecule has 2 aromatic heterocycles. The second-order valence-corrected chi connectivity index (χ2v) is 8.67. The van der Waals surface area contributed by atoms with Gasteiger partial charge in [0.05, 0.1) is 21.7 Å². The molecule has 0 aliphatic heterocycles. The fourth-order valence-corrected chi connectivity index (χ4v) is 4.44. The lowest BCUT2D eigenvalue weighted by molar-refractivity contribution is 0.0950. The van der Waals surface area contributed by atoms with Crippen LogP contribution in [-0.4, -0.2) is 37.2 Å². The number of H-pyrrole nitrogens is 1. The van der Waals surface area contributed by atoms with E-state index in [0.29, 0.717) is 47.2 Å². The van der Waals surface area contributed by atoms with E-state index < -0.39 is 11.7 Å². The number of nitrogens with zero attached hydrogens (tertiary/aromatic N) is 4. The predicted octanol–water partition coefficient (Wildman–Crippen LogP) is 3.50. The average molecular weight is 467 g/mol. The Hall–Kier alpha value is -3.53. The van der Waals surface area contributed by atoms with Gasteiger partial charge >= 0.3 is 0 Å². The quantitative estimate of drug-likeness (QED) is 0.385. The first kappa shape index (κ1) is 22.7. The summed E-state index contributed by atoms with van der Waals surface area (Å²) in [5.74, 6) is 0.249. The van der Waals surface area contributed by atoms with E-state index in [1.807, 2.05) is 30.5 Å². The number of thioether (sulfide) groups is 1. The summed E-state index contributed by atoms with van der Waals surface area (Å²) in [6.07, 6.45) is 0.445. The number of amides is 1. The molecular formula is C23H23FN6O2S. The normalized spacial score (nSPS) is 12.1. The van der Waals surface area contributed by atoms with Crippen molar-refractivity contribution in [2.75, 3.05) is 6.54 Å². The largest absolute Gasteiger partial charge is 0.351 e. The van der Waals surface area contributed by atoms with Crippen molar-refractivity contribution in [2.24, 2.45) is 0 Å². The maximum absolute atomic E-state index is 13.8. The van der Waals surface area contributed by atoms with Crippen molar-refractivity contribution in [1.29, 1.82) is 0 Å². The van der Waals surface area contributed by atoms with Gasteiger partial charge in [-0.25, -0.2) is 9.37 Å². The van der Waals surface area contributed by atoms with Crippen LogP contribution < -0.4 is 10.9 Å². The third-order valence-corrected chi connectivity index (χ3v) is 6.25. The smallest absolute Gasteiger partial charge is 0.258 e. The summed E-state index contributed by atoms with van der Waals surface area (Å²) in [7, 11) is 0. The van der Waals surface area contributed by atoms with Crippen molar-refractivity contribution in [3.8, 4) is 0 Å². The third-order valence-electron chi connectivity index (χ3n) is 5.16. The Bertz CT molecular complexity index is 1350. The number of nitrogens with one attached hydrogen (secondary N) is 2. The Balaban J connectivity index is 1.44. The first-order valence-electron chi connectivity index (χ1n) is 10.6. The highest BCUT2D eigenvalue weighted by molar-refractivity contribution is 7.99. The van der Waals surface area contributed by atoms with Crippen LogP contribution in [0.15, 0.2) is 58.5 Å². The Kier molecular flexibility index (Phi) is 6.83. The summed E-state index contributed by atoms with van der Waals surface area (Å²) in [6.45, 7) is 4.86. The van der Waals surface area contributed by atoms with Gasteiger partial charge in [-0.05, 0) is 38.1 Å². The second-order valence-electron chi connectivity index (χ2n) is 7.36. The van der Waals surface area contributed by atoms with E-state index in [2.05, 4.69) is 25.5 Å². The molecular weight excluding hydrogens is 443 g/mol. The molecule has 0 aliphatic carbocycles. The van der Waals surface area contributed by atoms with E-state index in [9.17, 15) is 14.0 Å². The van der Waals surface area contributed by atoms with Crippen molar-refractivity contribution in [1.82, 2.24) is 30.0 Å². The SMILES string of the molecule is CCn1c(CCNC(=O)c2ccccc2F)nnc1SC(C)c1nc2ccccc2c(=O)[nH]1. The highest BCUT2D eigenvalue weighted by atomic mass is 32.2. The lowest BCUT2D eigenvalue weighted by Crippen LogP contribution is -2.27. The van der Waals surface area contributed by atoms with Gasteiger partial charge in [-0.3, -0.25) is 9.59 Å². The summed E-state index contributed by atoms with van der Waals surface area (Å²) < 4.78 is 15.7. The zero-order valence-corrected chi connectivity index (χ0v) is 19.0. The number of aromatic amines is 1. The first-order chi connectivity index (χ1) is 16.0. The molecule has 1 atom stereocenters. The first-order valence-corrected chi connectivity index (χ1v) is 11.5. The number of hydrogen-bond acceptors (Lipinski definition) is 6. The number of fused-ring (bicyclic) bond motifs is 1. The Labute approximate surface area is 193 Å². The molecule has 1 unspecified atom stereocenters. The predicted molar refractivity (Wildman–Crippen MR) is 125 cm³/mol. The van der Waals surface area contributed by atoms with E-state index in [1.165, 1.54) is 23.9 Å². The molecule has 0 bridgehead atoms. The van der Waals surface area contributed by atoms with Gasteiger partial charge in [0.15, 0.2) is 5.16 Å². The minimum atomic E-state index is -0.556. The molecule has 33 heavy (non-hydrogen) atoms. The molecule has 4 aromatic rings. The van der Waals surface area contributed by atoms with E-state index in [1.54, 1.807) is 24.3 Å². The Morgan fingerprint density at radius 1 is 1.18 bits per heavy atom. The van der Waals surface area contributed by atoms with Crippen LogP contribution in [0.1, 0.15) is 41.1 Å². The van der Waals surface area contributed by atoms with Gasteiger partial charge < -0.3 is 14.9 Å². The minimum absolute atomic E-state index is 0.0106. The van der Waals surface area contributed by atoms with Crippen molar-refractivity contribution in [3.05, 3.63) is 81.9 Å². The summed E-state index contributed by atoms with van der Waals surface area (Å²) in [6, 6.07) is 13.1. The van der Waals surface area contributed by atoms with Gasteiger partial charge in [0.1, 0.15) is 17.5 Å². The summed E-state index contributed by atoms with van der Waals surface area (Å²) in [5, 5.41) is 12.4. The van der Waals surface area contributed by atoms with Crippen LogP contribution in [0.5, 0.6) is 0 Å². The Morgan fingerprint density at radius 3 is 2.73 bits per heavy atom. The zero-order valence-electron chi connectivity index (χ0n) is 18.2. The third kappa shape index (κ3) is 4.95. The molecule has 0 saturated heterocycles. The van der Waals surface area contributed by atoms with Crippen molar-refractivity contribution < 1.29 is 9.18 Å². The van der Waals surface area contributed by atoms with Crippen molar-refractivity contribution >= 4 is 28.6 Å². The standard InChI is InChI=1S/C23H23FN6O2S/c1-3-30-19(12-13-25-21(31)15-8-4-6-10-17(15)24)28-29-23(30)33-14(2)20-26-18-11-7-5-9-16(18)22(32)27-20/h4-11,14H,3,12-13H2,1-2H3,(H,25,31)(H,26,27,32). The van der Waals surface area contributed by atoms with Gasteiger partial charge in [-0.1, -0.05) is 36.0 Å². The van der Waals surface area contributed by atoms with Crippen LogP contribution in [0.3, 0.4) is 0 Å². The minimum Gasteiger partial charge on any atom is -0.351 e. The molecule has 0 radical (unpaired) electrons. The summed E-state index contributed by atoms with van der Waals surface area (Å²) >= 11 is 1.44. The number of carbonyl (C=O) groups is 1. The Morgan fingerprint density at radius 2 is 1.94 bits per heavy atom. The van der Waals surface area contributed by atoms with E-state index in [4.69, 9.17) is 0 Å². The topological polar surface area (TPSA) is 106 Å². The molecule has 2 heterocycles. The number of rotatable bonds is 8. The van der Waals surface area contributed by atoms with Gasteiger partial charge in [0.2, 0.25) is 0 Å². The van der Waals surface area contributed by atoms with Crippen LogP contribution in [0.2, 0.25) is 0 Å². The highest BCUT2D eigenvalue weighted by Crippen LogP contribution is 2.32. The maximum Gasteiger partial charge on any atom is 0.258 e. The fourth-order valence-electron chi connectivity index (χ4n) is 3.45. The lowest BCUT2D eigenvalue weighted by Gasteiger charge is -2.12. The van der Waals surface area contributed by atoms with Gasteiger partial charge in [-0.15, -0.1) is 10.2 Å². The molecule has 2 aromatic carbocycles. The summed E-state index contributed by atoms with van der Waals surface area (Å²) in [5.41, 5.74) is 0.481. The molecule has 170 valence electrons. The molecule has 1 amide bonds. The van der Waals surface area contributed by atoms with E-state index in [-0.39, 0.29) is 16.4 Å². The molecule has 2 N–H and O–H groups in total. The van der Waals surface area contributed by atoms with E-state index in [0.717, 1.165) is 0 Å². The molecule has 4 rings (SSSR count). The monoisotopic (exact) mass is 466 g/mol. The average Bonchev–Trinajstić information content (AvgIpc) is 3.20. The number of hydrogen-bond donors (Lipinski definition) is 2. The van der Waals surface area contributed by atoms with Gasteiger partial charge in [0, 0.05) is 19.5 Å². The number of carbonyl (C=O) groups excluding carboxylic acids is 1. The maximum atomic E-state index is 13.8. The summed E-state index contributed by atoms with van der Waals surface area (Å²) in [4.78, 5) is 32.0. The van der Waals surface area contributed by atoms with Crippen LogP contribution >= 0.6 is 11.8 Å². The second kappa shape index (κ2) is 9.95. The van der Waals surface area contributed by atoms with Crippen LogP contribution in [-0.2, 0) is 13.0 Å². The van der Waals surface area contributed by atoms with E-state index >= 15 is 0 Å². The molecule has 0 fully saturated rings. The van der Waals surface area contributed by atoms with Crippen molar-refractivity contribution in [3.63, 3.8) is 0 Å². The number of aromatic nitrogens is 5. The van der Waals surface area contributed by atoms with Crippen LogP contribution in [0, 0.1) is 5.82 Å².